The van der Waals surface area contributed by atoms with Gasteiger partial charge >= 0.3 is 0 Å². The molecule has 5 nitrogen and oxygen atoms in total. The van der Waals surface area contributed by atoms with Gasteiger partial charge in [0.2, 0.25) is 0 Å². The van der Waals surface area contributed by atoms with Gasteiger partial charge in [-0.3, -0.25) is 0 Å². The maximum atomic E-state index is 13.6. The van der Waals surface area contributed by atoms with Crippen molar-refractivity contribution in [1.82, 2.24) is 0 Å². The number of para-hydroxylation sites is 1. The van der Waals surface area contributed by atoms with E-state index >= 15 is 0 Å². The lowest BCUT2D eigenvalue weighted by Gasteiger charge is -2.15. The molecule has 0 aliphatic rings. The van der Waals surface area contributed by atoms with Crippen molar-refractivity contribution >= 4 is 21.5 Å². The lowest BCUT2D eigenvalue weighted by Crippen LogP contribution is -2.24. The first-order valence-electron chi connectivity index (χ1n) is 8.86. The number of nitrogens with one attached hydrogen (secondary N) is 1. The van der Waals surface area contributed by atoms with Gasteiger partial charge in [-0.25, -0.2) is 17.8 Å². The minimum atomic E-state index is -3.24. The Balaban J connectivity index is 2.25. The van der Waals surface area contributed by atoms with Crippen LogP contribution in [-0.2, 0) is 35.0 Å². The second kappa shape index (κ2) is 8.99. The highest BCUT2D eigenvalue weighted by molar-refractivity contribution is 7.89. The lowest BCUT2D eigenvalue weighted by molar-refractivity contribution is 0.600. The Morgan fingerprint density at radius 3 is 2.26 bits per heavy atom. The first kappa shape index (κ1) is 20.9. The van der Waals surface area contributed by atoms with E-state index < -0.39 is 15.7 Å². The number of nitrogens with zero attached hydrogens (tertiary/aromatic N) is 1. The number of benzene rings is 2. The molecule has 2 aromatic carbocycles. The number of nitrogens with two attached hydrogens (primary N) is 1. The standard InChI is InChI=1S/C20H26FN3O2S/c1-4-14-7-6-8-15(5-2)19(14)24-20(22)23-12-17-11-18(21)10-9-16(17)13-27(3,25)26/h6-11H,4-5,12-13H2,1-3H3,(H3,22,23,24). The van der Waals surface area contributed by atoms with E-state index in [-0.39, 0.29) is 18.3 Å². The molecule has 146 valence electrons. The predicted octanol–water partition coefficient (Wildman–Crippen LogP) is 3.42. The first-order valence-corrected chi connectivity index (χ1v) is 10.9. The Morgan fingerprint density at radius 2 is 1.70 bits per heavy atom. The summed E-state index contributed by atoms with van der Waals surface area (Å²) in [4.78, 5) is 4.29. The summed E-state index contributed by atoms with van der Waals surface area (Å²) in [5.74, 6) is -0.391. The van der Waals surface area contributed by atoms with Crippen molar-refractivity contribution in [3.05, 3.63) is 64.5 Å². The fourth-order valence-corrected chi connectivity index (χ4v) is 3.75. The first-order chi connectivity index (χ1) is 12.7. The molecule has 7 heteroatoms. The van der Waals surface area contributed by atoms with Crippen molar-refractivity contribution in [2.45, 2.75) is 39.0 Å². The number of aryl methyl sites for hydroxylation is 2. The lowest BCUT2D eigenvalue weighted by atomic mass is 10.0. The molecule has 0 heterocycles. The van der Waals surface area contributed by atoms with Crippen molar-refractivity contribution in [2.24, 2.45) is 10.7 Å². The number of hydrogen-bond acceptors (Lipinski definition) is 3. The third kappa shape index (κ3) is 6.06. The molecule has 0 fully saturated rings. The number of halogens is 1. The highest BCUT2D eigenvalue weighted by atomic mass is 32.2. The Labute approximate surface area is 160 Å². The molecule has 0 saturated heterocycles. The molecular weight excluding hydrogens is 365 g/mol. The molecule has 2 rings (SSSR count). The highest BCUT2D eigenvalue weighted by Crippen LogP contribution is 2.22. The van der Waals surface area contributed by atoms with Crippen LogP contribution >= 0.6 is 0 Å². The van der Waals surface area contributed by atoms with Gasteiger partial charge in [-0.2, -0.15) is 0 Å². The fourth-order valence-electron chi connectivity index (χ4n) is 2.91. The van der Waals surface area contributed by atoms with Crippen LogP contribution in [-0.4, -0.2) is 20.6 Å². The maximum Gasteiger partial charge on any atom is 0.193 e. The van der Waals surface area contributed by atoms with Crippen LogP contribution in [0.4, 0.5) is 10.1 Å². The van der Waals surface area contributed by atoms with Crippen LogP contribution in [0, 0.1) is 5.82 Å². The molecule has 0 saturated carbocycles. The van der Waals surface area contributed by atoms with E-state index in [1.807, 2.05) is 18.2 Å². The summed E-state index contributed by atoms with van der Waals surface area (Å²) in [6.45, 7) is 4.23. The summed E-state index contributed by atoms with van der Waals surface area (Å²) < 4.78 is 36.8. The topological polar surface area (TPSA) is 84.5 Å². The molecule has 27 heavy (non-hydrogen) atoms. The summed E-state index contributed by atoms with van der Waals surface area (Å²) in [6.07, 6.45) is 2.85. The van der Waals surface area contributed by atoms with E-state index in [0.29, 0.717) is 11.1 Å². The van der Waals surface area contributed by atoms with Gasteiger partial charge in [0.15, 0.2) is 15.8 Å². The number of guanidine groups is 1. The van der Waals surface area contributed by atoms with Gasteiger partial charge in [0.1, 0.15) is 5.82 Å². The van der Waals surface area contributed by atoms with Crippen LogP contribution in [0.25, 0.3) is 0 Å². The van der Waals surface area contributed by atoms with E-state index in [2.05, 4.69) is 24.2 Å². The Morgan fingerprint density at radius 1 is 1.07 bits per heavy atom. The normalized spacial score (nSPS) is 12.2. The van der Waals surface area contributed by atoms with Crippen molar-refractivity contribution in [3.63, 3.8) is 0 Å². The summed E-state index contributed by atoms with van der Waals surface area (Å²) in [5.41, 5.74) is 10.3. The predicted molar refractivity (Wildman–Crippen MR) is 109 cm³/mol. The van der Waals surface area contributed by atoms with Crippen LogP contribution in [0.2, 0.25) is 0 Å². The number of hydrogen-bond donors (Lipinski definition) is 2. The second-order valence-corrected chi connectivity index (χ2v) is 8.61. The number of aliphatic imine (C=N–C) groups is 1. The van der Waals surface area contributed by atoms with Crippen molar-refractivity contribution in [1.29, 1.82) is 0 Å². The zero-order chi connectivity index (χ0) is 20.0. The largest absolute Gasteiger partial charge is 0.370 e. The SMILES string of the molecule is CCc1cccc(CC)c1NC(N)=NCc1cc(F)ccc1CS(C)(=O)=O. The third-order valence-electron chi connectivity index (χ3n) is 4.26. The Kier molecular flexibility index (Phi) is 6.96. The van der Waals surface area contributed by atoms with Gasteiger partial charge in [0.25, 0.3) is 0 Å². The zero-order valence-corrected chi connectivity index (χ0v) is 16.7. The highest BCUT2D eigenvalue weighted by Gasteiger charge is 2.11. The smallest absolute Gasteiger partial charge is 0.193 e. The molecule has 0 aromatic heterocycles. The van der Waals surface area contributed by atoms with Crippen molar-refractivity contribution in [2.75, 3.05) is 11.6 Å². The van der Waals surface area contributed by atoms with Crippen LogP contribution in [0.3, 0.4) is 0 Å². The summed E-state index contributed by atoms with van der Waals surface area (Å²) in [5, 5.41) is 3.15. The summed E-state index contributed by atoms with van der Waals surface area (Å²) in [7, 11) is -3.24. The maximum absolute atomic E-state index is 13.6. The minimum absolute atomic E-state index is 0.0944. The van der Waals surface area contributed by atoms with Crippen LogP contribution in [0.5, 0.6) is 0 Å². The number of anilines is 1. The molecule has 0 unspecified atom stereocenters. The molecule has 0 aliphatic carbocycles. The molecule has 0 radical (unpaired) electrons. The van der Waals surface area contributed by atoms with E-state index in [1.54, 1.807) is 0 Å². The zero-order valence-electron chi connectivity index (χ0n) is 15.9. The van der Waals surface area contributed by atoms with Crippen LogP contribution in [0.15, 0.2) is 41.4 Å². The molecule has 2 aromatic rings. The molecule has 0 aliphatic heterocycles. The molecule has 0 amide bonds. The van der Waals surface area contributed by atoms with Crippen molar-refractivity contribution in [3.8, 4) is 0 Å². The fraction of sp³-hybridized carbons (Fsp3) is 0.350. The molecule has 0 bridgehead atoms. The number of sulfone groups is 1. The van der Waals surface area contributed by atoms with E-state index in [4.69, 9.17) is 5.73 Å². The van der Waals surface area contributed by atoms with E-state index in [9.17, 15) is 12.8 Å². The van der Waals surface area contributed by atoms with E-state index in [1.165, 1.54) is 18.2 Å². The van der Waals surface area contributed by atoms with Crippen molar-refractivity contribution < 1.29 is 12.8 Å². The van der Waals surface area contributed by atoms with Crippen LogP contribution < -0.4 is 11.1 Å². The quantitative estimate of drug-likeness (QED) is 0.559. The summed E-state index contributed by atoms with van der Waals surface area (Å²) in [6, 6.07) is 10.1. The second-order valence-electron chi connectivity index (χ2n) is 6.47. The Hall–Kier alpha value is -2.41. The summed E-state index contributed by atoms with van der Waals surface area (Å²) >= 11 is 0. The molecular formula is C20H26FN3O2S. The van der Waals surface area contributed by atoms with E-state index in [0.717, 1.165) is 35.9 Å². The molecule has 3 N–H and O–H groups in total. The molecule has 0 atom stereocenters. The number of rotatable bonds is 7. The minimum Gasteiger partial charge on any atom is -0.370 e. The third-order valence-corrected chi connectivity index (χ3v) is 5.09. The van der Waals surface area contributed by atoms with Crippen LogP contribution in [0.1, 0.15) is 36.1 Å². The van der Waals surface area contributed by atoms with Gasteiger partial charge in [0.05, 0.1) is 12.3 Å². The van der Waals surface area contributed by atoms with Gasteiger partial charge in [-0.15, -0.1) is 0 Å². The average Bonchev–Trinajstić information content (AvgIpc) is 2.61. The monoisotopic (exact) mass is 391 g/mol. The van der Waals surface area contributed by atoms with Gasteiger partial charge < -0.3 is 11.1 Å². The van der Waals surface area contributed by atoms with Gasteiger partial charge in [0, 0.05) is 11.9 Å². The molecule has 0 spiro atoms. The van der Waals surface area contributed by atoms with Gasteiger partial charge in [-0.1, -0.05) is 38.1 Å². The van der Waals surface area contributed by atoms with Gasteiger partial charge in [-0.05, 0) is 47.2 Å². The Bertz CT molecular complexity index is 918. The average molecular weight is 392 g/mol.